The van der Waals surface area contributed by atoms with Crippen molar-refractivity contribution in [3.05, 3.63) is 76.2 Å². The molecule has 0 radical (unpaired) electrons. The van der Waals surface area contributed by atoms with E-state index in [1.165, 1.54) is 24.6 Å². The van der Waals surface area contributed by atoms with Gasteiger partial charge in [0.05, 0.1) is 11.0 Å². The molecule has 3 aromatic rings. The summed E-state index contributed by atoms with van der Waals surface area (Å²) in [5.74, 6) is 1.12. The largest absolute Gasteiger partial charge is 0.508 e. The zero-order valence-electron chi connectivity index (χ0n) is 18.4. The van der Waals surface area contributed by atoms with Crippen molar-refractivity contribution in [2.75, 3.05) is 0 Å². The number of nitro benzene ring substituents is 1. The van der Waals surface area contributed by atoms with E-state index in [1.807, 2.05) is 6.07 Å². The van der Waals surface area contributed by atoms with E-state index in [9.17, 15) is 15.2 Å². The number of rotatable bonds is 4. The van der Waals surface area contributed by atoms with Gasteiger partial charge < -0.3 is 5.11 Å². The second-order valence-corrected chi connectivity index (χ2v) is 9.17. The predicted octanol–water partition coefficient (Wildman–Crippen LogP) is 4.81. The highest BCUT2D eigenvalue weighted by atomic mass is 16.6. The summed E-state index contributed by atoms with van der Waals surface area (Å²) in [6.45, 7) is 4.29. The molecule has 1 saturated carbocycles. The van der Waals surface area contributed by atoms with Gasteiger partial charge in [-0.3, -0.25) is 15.4 Å². The molecule has 0 amide bonds. The van der Waals surface area contributed by atoms with Crippen LogP contribution in [0.15, 0.2) is 54.7 Å². The molecule has 1 unspecified atom stereocenters. The normalized spacial score (nSPS) is 22.4. The van der Waals surface area contributed by atoms with Gasteiger partial charge in [-0.25, -0.2) is 9.13 Å². The Balaban J connectivity index is 1.77. The molecule has 2 aliphatic rings. The molecule has 3 atom stereocenters. The zero-order chi connectivity index (χ0) is 22.4. The maximum atomic E-state index is 11.5. The first-order chi connectivity index (χ1) is 15.5. The number of nitrogens with zero attached hydrogens (tertiary/aromatic N) is 3. The quantitative estimate of drug-likeness (QED) is 0.351. The Kier molecular flexibility index (Phi) is 5.21. The van der Waals surface area contributed by atoms with Crippen LogP contribution in [0.4, 0.5) is 5.69 Å². The number of non-ortho nitro benzene ring substituents is 1. The smallest absolute Gasteiger partial charge is 0.279 e. The van der Waals surface area contributed by atoms with Crippen LogP contribution in [0.1, 0.15) is 69.0 Å². The van der Waals surface area contributed by atoms with Gasteiger partial charge >= 0.3 is 0 Å². The van der Waals surface area contributed by atoms with Crippen LogP contribution >= 0.6 is 0 Å². The van der Waals surface area contributed by atoms with Crippen LogP contribution in [-0.2, 0) is 0 Å². The first-order valence-electron chi connectivity index (χ1n) is 11.4. The minimum Gasteiger partial charge on any atom is -0.508 e. The summed E-state index contributed by atoms with van der Waals surface area (Å²) in [5.41, 5.74) is 2.85. The van der Waals surface area contributed by atoms with E-state index in [0.29, 0.717) is 11.6 Å². The Labute approximate surface area is 187 Å². The number of nitro groups is 1. The van der Waals surface area contributed by atoms with E-state index in [0.717, 1.165) is 36.3 Å². The summed E-state index contributed by atoms with van der Waals surface area (Å²) < 4.78 is 4.70. The van der Waals surface area contributed by atoms with Gasteiger partial charge in [-0.05, 0) is 39.2 Å². The lowest BCUT2D eigenvalue weighted by atomic mass is 9.86. The summed E-state index contributed by atoms with van der Waals surface area (Å²) in [4.78, 5) is 11.1. The van der Waals surface area contributed by atoms with E-state index in [-0.39, 0.29) is 29.6 Å². The number of fused-ring (bicyclic) bond motifs is 3. The van der Waals surface area contributed by atoms with Gasteiger partial charge in [-0.15, -0.1) is 0 Å². The fourth-order valence-electron chi connectivity index (χ4n) is 5.40. The molecule has 0 saturated heterocycles. The molecule has 5 rings (SSSR count). The maximum Gasteiger partial charge on any atom is 0.279 e. The minimum absolute atomic E-state index is 0.0112. The molecular weight excluding hydrogens is 404 g/mol. The van der Waals surface area contributed by atoms with Crippen molar-refractivity contribution >= 4 is 5.69 Å². The lowest BCUT2D eigenvalue weighted by molar-refractivity contribution is -0.724. The fraction of sp³-hybridized carbons (Fsp3) is 0.400. The van der Waals surface area contributed by atoms with Crippen molar-refractivity contribution in [2.24, 2.45) is 0 Å². The SMILES string of the molecule is CC(C)[n+]1cc(-c2ccccc2)n2c1C(c1cc([N+](=O)[O-])ccc1O)N[C@@H]1CCCC[C@H]12. The molecule has 1 aliphatic heterocycles. The molecule has 0 spiro atoms. The average molecular weight is 434 g/mol. The van der Waals surface area contributed by atoms with Gasteiger partial charge in [0.1, 0.15) is 24.0 Å². The third-order valence-corrected chi connectivity index (χ3v) is 6.89. The third-order valence-electron chi connectivity index (χ3n) is 6.89. The van der Waals surface area contributed by atoms with Crippen LogP contribution < -0.4 is 9.88 Å². The number of nitrogens with one attached hydrogen (secondary N) is 1. The second kappa shape index (κ2) is 8.06. The zero-order valence-corrected chi connectivity index (χ0v) is 18.4. The van der Waals surface area contributed by atoms with Gasteiger partial charge in [0, 0.05) is 29.3 Å². The van der Waals surface area contributed by atoms with Crippen LogP contribution in [0, 0.1) is 10.1 Å². The highest BCUT2D eigenvalue weighted by Crippen LogP contribution is 2.43. The summed E-state index contributed by atoms with van der Waals surface area (Å²) in [7, 11) is 0. The van der Waals surface area contributed by atoms with E-state index in [4.69, 9.17) is 0 Å². The number of phenolic OH excluding ortho intramolecular Hbond substituents is 1. The monoisotopic (exact) mass is 433 g/mol. The Morgan fingerprint density at radius 1 is 1.16 bits per heavy atom. The Hall–Kier alpha value is -3.19. The molecule has 32 heavy (non-hydrogen) atoms. The van der Waals surface area contributed by atoms with Crippen LogP contribution in [0.5, 0.6) is 5.75 Å². The predicted molar refractivity (Wildman–Crippen MR) is 121 cm³/mol. The highest BCUT2D eigenvalue weighted by molar-refractivity contribution is 5.59. The van der Waals surface area contributed by atoms with Gasteiger partial charge in [-0.1, -0.05) is 36.8 Å². The number of imidazole rings is 1. The lowest BCUT2D eigenvalue weighted by Gasteiger charge is -2.38. The second-order valence-electron chi connectivity index (χ2n) is 9.17. The molecule has 7 nitrogen and oxygen atoms in total. The maximum absolute atomic E-state index is 11.5. The topological polar surface area (TPSA) is 84.2 Å². The van der Waals surface area contributed by atoms with Gasteiger partial charge in [0.2, 0.25) is 0 Å². The van der Waals surface area contributed by atoms with Crippen LogP contribution in [0.25, 0.3) is 11.3 Å². The molecule has 1 fully saturated rings. The van der Waals surface area contributed by atoms with Crippen LogP contribution in [-0.4, -0.2) is 20.6 Å². The first-order valence-corrected chi connectivity index (χ1v) is 11.4. The summed E-state index contributed by atoms with van der Waals surface area (Å²) >= 11 is 0. The number of hydrogen-bond acceptors (Lipinski definition) is 4. The number of aromatic nitrogens is 2. The Morgan fingerprint density at radius 2 is 1.91 bits per heavy atom. The van der Waals surface area contributed by atoms with Gasteiger partial charge in [-0.2, -0.15) is 0 Å². The molecule has 1 aliphatic carbocycles. The molecule has 7 heteroatoms. The van der Waals surface area contributed by atoms with E-state index < -0.39 is 4.92 Å². The van der Waals surface area contributed by atoms with Gasteiger partial charge in [0.25, 0.3) is 11.5 Å². The van der Waals surface area contributed by atoms with E-state index in [2.05, 4.69) is 58.8 Å². The van der Waals surface area contributed by atoms with Crippen molar-refractivity contribution in [2.45, 2.75) is 63.7 Å². The number of benzene rings is 2. The molecule has 0 bridgehead atoms. The van der Waals surface area contributed by atoms with Crippen molar-refractivity contribution < 1.29 is 14.6 Å². The van der Waals surface area contributed by atoms with Crippen molar-refractivity contribution in [3.8, 4) is 17.0 Å². The van der Waals surface area contributed by atoms with Crippen molar-refractivity contribution in [1.29, 1.82) is 0 Å². The minimum atomic E-state index is -0.403. The Morgan fingerprint density at radius 3 is 2.62 bits per heavy atom. The molecule has 2 N–H and O–H groups in total. The average Bonchev–Trinajstić information content (AvgIpc) is 3.21. The van der Waals surface area contributed by atoms with E-state index >= 15 is 0 Å². The number of hydrogen-bond donors (Lipinski definition) is 2. The third kappa shape index (κ3) is 3.37. The first kappa shape index (κ1) is 20.7. The molecule has 2 aromatic carbocycles. The molecular formula is C25H29N4O3+. The van der Waals surface area contributed by atoms with Crippen LogP contribution in [0.3, 0.4) is 0 Å². The fourth-order valence-corrected chi connectivity index (χ4v) is 5.40. The van der Waals surface area contributed by atoms with Crippen molar-refractivity contribution in [3.63, 3.8) is 0 Å². The lowest BCUT2D eigenvalue weighted by Crippen LogP contribution is -2.53. The molecule has 2 heterocycles. The molecule has 166 valence electrons. The summed E-state index contributed by atoms with van der Waals surface area (Å²) in [6.07, 6.45) is 6.68. The standard InChI is InChI=1S/C25H28N4O3/c1-16(2)27-15-22(17-8-4-3-5-9-17)28-21-11-7-6-10-20(21)26-24(25(27)28)19-14-18(29(31)32)12-13-23(19)30/h3-5,8-9,12-16,20-21,24,26H,6-7,10-11H2,1-2H3/p+1/t20-,21-,24?/m1/s1. The molecule has 1 aromatic heterocycles. The van der Waals surface area contributed by atoms with E-state index in [1.54, 1.807) is 0 Å². The number of aromatic hydroxyl groups is 1. The van der Waals surface area contributed by atoms with Gasteiger partial charge in [0.15, 0.2) is 5.69 Å². The summed E-state index contributed by atoms with van der Waals surface area (Å²) in [6, 6.07) is 15.1. The highest BCUT2D eigenvalue weighted by Gasteiger charge is 2.47. The van der Waals surface area contributed by atoms with Crippen molar-refractivity contribution in [1.82, 2.24) is 9.88 Å². The summed E-state index contributed by atoms with van der Waals surface area (Å²) in [5, 5.41) is 26.0. The Bertz CT molecular complexity index is 1160. The number of phenols is 1. The van der Waals surface area contributed by atoms with Crippen LogP contribution in [0.2, 0.25) is 0 Å².